The number of methoxy groups -OCH3 is 1. The molecule has 2 rings (SSSR count). The highest BCUT2D eigenvalue weighted by Gasteiger charge is 2.26. The van der Waals surface area contributed by atoms with Gasteiger partial charge in [0, 0.05) is 32.4 Å². The van der Waals surface area contributed by atoms with Gasteiger partial charge in [0.2, 0.25) is 0 Å². The maximum atomic E-state index is 5.59. The van der Waals surface area contributed by atoms with Gasteiger partial charge >= 0.3 is 0 Å². The summed E-state index contributed by atoms with van der Waals surface area (Å²) >= 11 is 0. The molecule has 1 aliphatic rings. The Hall–Kier alpha value is -1.20. The smallest absolute Gasteiger partial charge is 0.147 e. The predicted molar refractivity (Wildman–Crippen MR) is 66.8 cm³/mol. The van der Waals surface area contributed by atoms with E-state index in [0.717, 1.165) is 30.9 Å². The molecule has 5 heteroatoms. The maximum Gasteiger partial charge on any atom is 0.147 e. The molecular weight excluding hydrogens is 216 g/mol. The largest absolute Gasteiger partial charge is 0.381 e. The molecule has 1 aromatic rings. The Morgan fingerprint density at radius 1 is 1.53 bits per heavy atom. The molecule has 2 atom stereocenters. The lowest BCUT2D eigenvalue weighted by Crippen LogP contribution is -2.43. The van der Waals surface area contributed by atoms with E-state index in [2.05, 4.69) is 21.8 Å². The molecule has 2 unspecified atom stereocenters. The summed E-state index contributed by atoms with van der Waals surface area (Å²) in [6.07, 6.45) is 5.96. The van der Waals surface area contributed by atoms with Crippen LogP contribution in [0.1, 0.15) is 25.5 Å². The maximum absolute atomic E-state index is 5.59. The molecule has 1 aromatic heterocycles. The third-order valence-electron chi connectivity index (χ3n) is 3.34. The number of ether oxygens (including phenoxy) is 1. The highest BCUT2D eigenvalue weighted by atomic mass is 16.5. The van der Waals surface area contributed by atoms with Crippen LogP contribution in [-0.2, 0) is 11.3 Å². The molecule has 2 heterocycles. The van der Waals surface area contributed by atoms with Gasteiger partial charge in [-0.05, 0) is 19.8 Å². The van der Waals surface area contributed by atoms with Crippen molar-refractivity contribution in [3.05, 3.63) is 18.1 Å². The lowest BCUT2D eigenvalue weighted by atomic mass is 10.0. The highest BCUT2D eigenvalue weighted by Crippen LogP contribution is 2.23. The average molecular weight is 236 g/mol. The lowest BCUT2D eigenvalue weighted by Gasteiger charge is -2.37. The van der Waals surface area contributed by atoms with Crippen LogP contribution in [-0.4, -0.2) is 35.8 Å². The summed E-state index contributed by atoms with van der Waals surface area (Å²) in [6.45, 7) is 3.59. The van der Waals surface area contributed by atoms with E-state index >= 15 is 0 Å². The van der Waals surface area contributed by atoms with Crippen LogP contribution in [0.25, 0.3) is 0 Å². The van der Waals surface area contributed by atoms with E-state index in [1.54, 1.807) is 13.3 Å². The third kappa shape index (κ3) is 2.73. The molecule has 5 nitrogen and oxygen atoms in total. The molecule has 94 valence electrons. The second-order valence-corrected chi connectivity index (χ2v) is 4.50. The summed E-state index contributed by atoms with van der Waals surface area (Å²) in [5.41, 5.74) is 6.42. The van der Waals surface area contributed by atoms with Gasteiger partial charge in [0.25, 0.3) is 0 Å². The fraction of sp³-hybridized carbons (Fsp3) is 0.667. The first-order valence-electron chi connectivity index (χ1n) is 6.05. The Balaban J connectivity index is 2.11. The first-order valence-corrected chi connectivity index (χ1v) is 6.05. The van der Waals surface area contributed by atoms with Crippen molar-refractivity contribution < 1.29 is 4.74 Å². The predicted octanol–water partition coefficient (Wildman–Crippen LogP) is 0.939. The van der Waals surface area contributed by atoms with E-state index in [4.69, 9.17) is 10.5 Å². The molecule has 0 radical (unpaired) electrons. The molecular formula is C12H20N4O. The van der Waals surface area contributed by atoms with E-state index in [1.807, 2.05) is 6.20 Å². The van der Waals surface area contributed by atoms with Crippen molar-refractivity contribution >= 4 is 5.82 Å². The summed E-state index contributed by atoms with van der Waals surface area (Å²) in [7, 11) is 1.78. The van der Waals surface area contributed by atoms with Crippen LogP contribution in [0, 0.1) is 0 Å². The van der Waals surface area contributed by atoms with E-state index < -0.39 is 0 Å². The molecule has 2 N–H and O–H groups in total. The molecule has 1 saturated heterocycles. The van der Waals surface area contributed by atoms with E-state index in [1.165, 1.54) is 0 Å². The third-order valence-corrected chi connectivity index (χ3v) is 3.34. The van der Waals surface area contributed by atoms with Gasteiger partial charge in [-0.1, -0.05) is 0 Å². The average Bonchev–Trinajstić information content (AvgIpc) is 2.38. The van der Waals surface area contributed by atoms with Gasteiger partial charge in [0.1, 0.15) is 5.82 Å². The number of hydrogen-bond donors (Lipinski definition) is 1. The number of anilines is 1. The van der Waals surface area contributed by atoms with Gasteiger partial charge in [-0.15, -0.1) is 0 Å². The van der Waals surface area contributed by atoms with Crippen molar-refractivity contribution in [2.45, 2.75) is 38.5 Å². The van der Waals surface area contributed by atoms with Gasteiger partial charge < -0.3 is 15.4 Å². The number of nitrogens with zero attached hydrogens (tertiary/aromatic N) is 3. The minimum Gasteiger partial charge on any atom is -0.381 e. The Morgan fingerprint density at radius 3 is 3.00 bits per heavy atom. The Labute approximate surface area is 102 Å². The Kier molecular flexibility index (Phi) is 3.91. The minimum atomic E-state index is 0.368. The molecule has 0 amide bonds. The van der Waals surface area contributed by atoms with E-state index in [-0.39, 0.29) is 0 Å². The molecule has 0 aromatic carbocycles. The summed E-state index contributed by atoms with van der Waals surface area (Å²) in [4.78, 5) is 11.0. The standard InChI is InChI=1S/C12H20N4O/c1-9-5-11(17-2)3-4-16(9)12-8-14-7-10(6-13)15-12/h7-9,11H,3-6,13H2,1-2H3. The molecule has 0 aliphatic carbocycles. The topological polar surface area (TPSA) is 64.3 Å². The van der Waals surface area contributed by atoms with Crippen LogP contribution in [0.2, 0.25) is 0 Å². The van der Waals surface area contributed by atoms with Crippen molar-refractivity contribution in [1.29, 1.82) is 0 Å². The number of rotatable bonds is 3. The van der Waals surface area contributed by atoms with Crippen LogP contribution in [0.3, 0.4) is 0 Å². The summed E-state index contributed by atoms with van der Waals surface area (Å²) < 4.78 is 5.41. The number of hydrogen-bond acceptors (Lipinski definition) is 5. The molecule has 0 bridgehead atoms. The fourth-order valence-corrected chi connectivity index (χ4v) is 2.32. The second kappa shape index (κ2) is 5.42. The van der Waals surface area contributed by atoms with Gasteiger partial charge in [0.15, 0.2) is 0 Å². The zero-order chi connectivity index (χ0) is 12.3. The van der Waals surface area contributed by atoms with Crippen molar-refractivity contribution in [3.8, 4) is 0 Å². The fourth-order valence-electron chi connectivity index (χ4n) is 2.32. The highest BCUT2D eigenvalue weighted by molar-refractivity contribution is 5.38. The van der Waals surface area contributed by atoms with Crippen LogP contribution < -0.4 is 10.6 Å². The summed E-state index contributed by atoms with van der Waals surface area (Å²) in [6, 6.07) is 0.427. The van der Waals surface area contributed by atoms with E-state index in [0.29, 0.717) is 18.7 Å². The summed E-state index contributed by atoms with van der Waals surface area (Å²) in [5.74, 6) is 0.926. The van der Waals surface area contributed by atoms with Gasteiger partial charge in [-0.2, -0.15) is 0 Å². The first-order chi connectivity index (χ1) is 8.24. The zero-order valence-corrected chi connectivity index (χ0v) is 10.5. The van der Waals surface area contributed by atoms with E-state index in [9.17, 15) is 0 Å². The Morgan fingerprint density at radius 2 is 2.35 bits per heavy atom. The van der Waals surface area contributed by atoms with Crippen molar-refractivity contribution in [2.75, 3.05) is 18.6 Å². The summed E-state index contributed by atoms with van der Waals surface area (Å²) in [5, 5.41) is 0. The quantitative estimate of drug-likeness (QED) is 0.846. The molecule has 0 spiro atoms. The monoisotopic (exact) mass is 236 g/mol. The zero-order valence-electron chi connectivity index (χ0n) is 10.5. The van der Waals surface area contributed by atoms with Gasteiger partial charge in [0.05, 0.1) is 18.0 Å². The molecule has 17 heavy (non-hydrogen) atoms. The normalized spacial score (nSPS) is 25.0. The van der Waals surface area contributed by atoms with Crippen LogP contribution in [0.5, 0.6) is 0 Å². The van der Waals surface area contributed by atoms with Crippen molar-refractivity contribution in [3.63, 3.8) is 0 Å². The van der Waals surface area contributed by atoms with Crippen molar-refractivity contribution in [1.82, 2.24) is 9.97 Å². The second-order valence-electron chi connectivity index (χ2n) is 4.50. The SMILES string of the molecule is COC1CCN(c2cncc(CN)n2)C(C)C1. The van der Waals surface area contributed by atoms with Gasteiger partial charge in [-0.25, -0.2) is 4.98 Å². The van der Waals surface area contributed by atoms with Crippen molar-refractivity contribution in [2.24, 2.45) is 5.73 Å². The number of piperidine rings is 1. The minimum absolute atomic E-state index is 0.368. The van der Waals surface area contributed by atoms with Crippen LogP contribution >= 0.6 is 0 Å². The number of nitrogens with two attached hydrogens (primary N) is 1. The van der Waals surface area contributed by atoms with Crippen LogP contribution in [0.4, 0.5) is 5.82 Å². The lowest BCUT2D eigenvalue weighted by molar-refractivity contribution is 0.0719. The van der Waals surface area contributed by atoms with Crippen LogP contribution in [0.15, 0.2) is 12.4 Å². The molecule has 1 aliphatic heterocycles. The Bertz CT molecular complexity index is 371. The number of aromatic nitrogens is 2. The first kappa shape index (κ1) is 12.3. The van der Waals surface area contributed by atoms with Gasteiger partial charge in [-0.3, -0.25) is 4.98 Å². The molecule has 1 fully saturated rings. The molecule has 0 saturated carbocycles.